The second kappa shape index (κ2) is 7.96. The topological polar surface area (TPSA) is 88.8 Å². The van der Waals surface area contributed by atoms with Crippen LogP contribution in [-0.2, 0) is 17.9 Å². The third kappa shape index (κ3) is 3.88. The summed E-state index contributed by atoms with van der Waals surface area (Å²) >= 11 is 0. The van der Waals surface area contributed by atoms with E-state index in [-0.39, 0.29) is 29.4 Å². The Balaban J connectivity index is 2.20. The number of carbonyl (C=O) groups is 1. The molecule has 1 heterocycles. The number of halogens is 1. The number of nitrogens with zero attached hydrogens (tertiary/aromatic N) is 1. The van der Waals surface area contributed by atoms with Crippen LogP contribution in [0, 0.1) is 12.7 Å². The van der Waals surface area contributed by atoms with Gasteiger partial charge in [-0.3, -0.25) is 14.2 Å². The Morgan fingerprint density at radius 3 is 2.36 bits per heavy atom. The molecule has 0 aliphatic heterocycles. The molecule has 0 aliphatic rings. The number of rotatable bonds is 6. The summed E-state index contributed by atoms with van der Waals surface area (Å²) in [7, 11) is 0. The summed E-state index contributed by atoms with van der Waals surface area (Å²) < 4.78 is 20.2. The zero-order chi connectivity index (χ0) is 20.3. The highest BCUT2D eigenvalue weighted by molar-refractivity contribution is 5.74. The molecular weight excluding hydrogens is 365 g/mol. The Kier molecular flexibility index (Phi) is 5.44. The van der Waals surface area contributed by atoms with Crippen molar-refractivity contribution in [1.82, 2.24) is 4.57 Å². The molecule has 2 N–H and O–H groups in total. The summed E-state index contributed by atoms with van der Waals surface area (Å²) in [5.74, 6) is -2.13. The first-order valence-corrected chi connectivity index (χ1v) is 8.49. The number of carboxylic acid groups (broad SMARTS) is 1. The SMILES string of the molecule is Cc1c(O)c(OCc2ccccc2)c(-c2ccc(F)cc2)n(CC(=O)O)c1=O. The van der Waals surface area contributed by atoms with Gasteiger partial charge in [0.05, 0.1) is 11.3 Å². The monoisotopic (exact) mass is 383 g/mol. The van der Waals surface area contributed by atoms with Crippen molar-refractivity contribution in [3.05, 3.63) is 81.9 Å². The summed E-state index contributed by atoms with van der Waals surface area (Å²) in [4.78, 5) is 23.9. The van der Waals surface area contributed by atoms with Gasteiger partial charge in [-0.05, 0) is 36.8 Å². The van der Waals surface area contributed by atoms with E-state index in [0.717, 1.165) is 10.1 Å². The number of ether oxygens (including phenoxy) is 1. The molecule has 0 amide bonds. The molecule has 144 valence electrons. The van der Waals surface area contributed by atoms with E-state index in [2.05, 4.69) is 0 Å². The molecule has 6 nitrogen and oxygen atoms in total. The first kappa shape index (κ1) is 19.2. The fourth-order valence-electron chi connectivity index (χ4n) is 2.86. The molecule has 7 heteroatoms. The molecule has 2 aromatic carbocycles. The second-order valence-electron chi connectivity index (χ2n) is 6.22. The fraction of sp³-hybridized carbons (Fsp3) is 0.143. The number of aliphatic carboxylic acids is 1. The van der Waals surface area contributed by atoms with E-state index in [9.17, 15) is 24.2 Å². The Hall–Kier alpha value is -3.61. The number of aromatic nitrogens is 1. The van der Waals surface area contributed by atoms with E-state index in [1.165, 1.54) is 31.2 Å². The molecule has 0 unspecified atom stereocenters. The van der Waals surface area contributed by atoms with Gasteiger partial charge in [-0.15, -0.1) is 0 Å². The number of aromatic hydroxyl groups is 1. The van der Waals surface area contributed by atoms with Gasteiger partial charge in [-0.1, -0.05) is 30.3 Å². The van der Waals surface area contributed by atoms with Crippen LogP contribution >= 0.6 is 0 Å². The number of pyridine rings is 1. The van der Waals surface area contributed by atoms with E-state index >= 15 is 0 Å². The third-order valence-electron chi connectivity index (χ3n) is 4.26. The predicted octanol–water partition coefficient (Wildman–Crippen LogP) is 3.33. The summed E-state index contributed by atoms with van der Waals surface area (Å²) in [6, 6.07) is 14.3. The maximum atomic E-state index is 13.4. The number of hydrogen-bond acceptors (Lipinski definition) is 4. The van der Waals surface area contributed by atoms with Crippen LogP contribution in [0.2, 0.25) is 0 Å². The lowest BCUT2D eigenvalue weighted by Crippen LogP contribution is -2.28. The summed E-state index contributed by atoms with van der Waals surface area (Å²) in [6.45, 7) is 0.849. The van der Waals surface area contributed by atoms with Crippen LogP contribution in [0.25, 0.3) is 11.3 Å². The molecule has 0 fully saturated rings. The van der Waals surface area contributed by atoms with Gasteiger partial charge < -0.3 is 14.9 Å². The highest BCUT2D eigenvalue weighted by Crippen LogP contribution is 2.38. The van der Waals surface area contributed by atoms with Crippen LogP contribution in [0.15, 0.2) is 59.4 Å². The van der Waals surface area contributed by atoms with E-state index in [1.54, 1.807) is 0 Å². The van der Waals surface area contributed by atoms with Crippen molar-refractivity contribution in [2.75, 3.05) is 0 Å². The van der Waals surface area contributed by atoms with Gasteiger partial charge in [0.25, 0.3) is 5.56 Å². The second-order valence-corrected chi connectivity index (χ2v) is 6.22. The van der Waals surface area contributed by atoms with Crippen molar-refractivity contribution in [3.63, 3.8) is 0 Å². The van der Waals surface area contributed by atoms with Crippen molar-refractivity contribution >= 4 is 5.97 Å². The fourth-order valence-corrected chi connectivity index (χ4v) is 2.86. The first-order chi connectivity index (χ1) is 13.4. The van der Waals surface area contributed by atoms with Crippen LogP contribution in [0.3, 0.4) is 0 Å². The average Bonchev–Trinajstić information content (AvgIpc) is 2.69. The van der Waals surface area contributed by atoms with Gasteiger partial charge in [0.1, 0.15) is 19.0 Å². The van der Waals surface area contributed by atoms with Gasteiger partial charge >= 0.3 is 5.97 Å². The molecular formula is C21H18FNO5. The van der Waals surface area contributed by atoms with Crippen LogP contribution in [0.5, 0.6) is 11.5 Å². The van der Waals surface area contributed by atoms with Crippen molar-refractivity contribution in [1.29, 1.82) is 0 Å². The lowest BCUT2D eigenvalue weighted by molar-refractivity contribution is -0.137. The standard InChI is InChI=1S/C21H18FNO5/c1-13-19(26)20(28-12-14-5-3-2-4-6-14)18(15-7-9-16(22)10-8-15)23(21(13)27)11-17(24)25/h2-10,26H,11-12H2,1H3,(H,24,25). The van der Waals surface area contributed by atoms with Gasteiger partial charge in [0.15, 0.2) is 11.5 Å². The molecule has 0 saturated heterocycles. The summed E-state index contributed by atoms with van der Waals surface area (Å²) in [5.41, 5.74) is 0.548. The molecule has 0 atom stereocenters. The molecule has 0 aliphatic carbocycles. The summed E-state index contributed by atoms with van der Waals surface area (Å²) in [5, 5.41) is 19.8. The highest BCUT2D eigenvalue weighted by atomic mass is 19.1. The molecule has 3 rings (SSSR count). The molecule has 0 radical (unpaired) electrons. The van der Waals surface area contributed by atoms with Crippen LogP contribution in [-0.4, -0.2) is 20.7 Å². The van der Waals surface area contributed by atoms with Crippen molar-refractivity contribution in [2.45, 2.75) is 20.1 Å². The molecule has 0 saturated carbocycles. The smallest absolute Gasteiger partial charge is 0.323 e. The van der Waals surface area contributed by atoms with Gasteiger partial charge in [-0.2, -0.15) is 0 Å². The molecule has 1 aromatic heterocycles. The number of hydrogen-bond donors (Lipinski definition) is 2. The number of carboxylic acids is 1. The Morgan fingerprint density at radius 2 is 1.75 bits per heavy atom. The van der Waals surface area contributed by atoms with E-state index in [4.69, 9.17) is 4.74 Å². The quantitative estimate of drug-likeness (QED) is 0.682. The van der Waals surface area contributed by atoms with Gasteiger partial charge in [0.2, 0.25) is 0 Å². The lowest BCUT2D eigenvalue weighted by Gasteiger charge is -2.19. The van der Waals surface area contributed by atoms with Gasteiger partial charge in [0, 0.05) is 5.56 Å². The highest BCUT2D eigenvalue weighted by Gasteiger charge is 2.23. The van der Waals surface area contributed by atoms with Crippen LogP contribution < -0.4 is 10.3 Å². The third-order valence-corrected chi connectivity index (χ3v) is 4.26. The van der Waals surface area contributed by atoms with Crippen LogP contribution in [0.1, 0.15) is 11.1 Å². The predicted molar refractivity (Wildman–Crippen MR) is 101 cm³/mol. The summed E-state index contributed by atoms with van der Waals surface area (Å²) in [6.07, 6.45) is 0. The molecule has 28 heavy (non-hydrogen) atoms. The molecule has 0 spiro atoms. The first-order valence-electron chi connectivity index (χ1n) is 8.49. The Bertz CT molecular complexity index is 1060. The van der Waals surface area contributed by atoms with Crippen molar-refractivity contribution in [3.8, 4) is 22.8 Å². The number of benzene rings is 2. The largest absolute Gasteiger partial charge is 0.504 e. The Labute approximate surface area is 160 Å². The normalized spacial score (nSPS) is 10.6. The van der Waals surface area contributed by atoms with Crippen molar-refractivity contribution in [2.24, 2.45) is 0 Å². The minimum absolute atomic E-state index is 0.0322. The zero-order valence-corrected chi connectivity index (χ0v) is 15.1. The van der Waals surface area contributed by atoms with Crippen LogP contribution in [0.4, 0.5) is 4.39 Å². The minimum atomic E-state index is -1.23. The van der Waals surface area contributed by atoms with Crippen molar-refractivity contribution < 1.29 is 24.1 Å². The molecule has 0 bridgehead atoms. The lowest BCUT2D eigenvalue weighted by atomic mass is 10.1. The average molecular weight is 383 g/mol. The zero-order valence-electron chi connectivity index (χ0n) is 15.1. The van der Waals surface area contributed by atoms with Gasteiger partial charge in [-0.25, -0.2) is 4.39 Å². The van der Waals surface area contributed by atoms with E-state index in [1.807, 2.05) is 30.3 Å². The van der Waals surface area contributed by atoms with E-state index < -0.39 is 23.9 Å². The van der Waals surface area contributed by atoms with E-state index in [0.29, 0.717) is 5.56 Å². The maximum Gasteiger partial charge on any atom is 0.323 e. The minimum Gasteiger partial charge on any atom is -0.504 e. The maximum absolute atomic E-state index is 13.4. The molecule has 3 aromatic rings. The Morgan fingerprint density at radius 1 is 1.11 bits per heavy atom.